The number of esters is 1. The van der Waals surface area contributed by atoms with Crippen molar-refractivity contribution in [1.29, 1.82) is 0 Å². The molecule has 17 heavy (non-hydrogen) atoms. The average Bonchev–Trinajstić information content (AvgIpc) is 2.73. The summed E-state index contributed by atoms with van der Waals surface area (Å²) in [5.74, 6) is -0.347. The molecule has 0 spiro atoms. The van der Waals surface area contributed by atoms with Gasteiger partial charge in [0, 0.05) is 26.2 Å². The molecular weight excluding hydrogens is 220 g/mol. The Morgan fingerprint density at radius 3 is 3.12 bits per heavy atom. The fourth-order valence-corrected chi connectivity index (χ4v) is 2.00. The number of rotatable bonds is 4. The number of hydrogen-bond donors (Lipinski definition) is 1. The molecule has 0 fully saturated rings. The SMILES string of the molecule is CCOC(=O)c1cc2n(n1)CCN(CCN)C2. The number of nitrogens with two attached hydrogens (primary N) is 1. The number of carbonyl (C=O) groups is 1. The average molecular weight is 238 g/mol. The van der Waals surface area contributed by atoms with E-state index in [-0.39, 0.29) is 5.97 Å². The first kappa shape index (κ1) is 12.1. The Morgan fingerprint density at radius 2 is 2.41 bits per heavy atom. The molecule has 0 bridgehead atoms. The lowest BCUT2D eigenvalue weighted by Crippen LogP contribution is -2.36. The third-order valence-corrected chi connectivity index (χ3v) is 2.81. The van der Waals surface area contributed by atoms with Crippen molar-refractivity contribution in [2.24, 2.45) is 5.73 Å². The van der Waals surface area contributed by atoms with Crippen LogP contribution in [0, 0.1) is 0 Å². The van der Waals surface area contributed by atoms with Crippen LogP contribution in [0.4, 0.5) is 0 Å². The largest absolute Gasteiger partial charge is 0.461 e. The second-order valence-electron chi connectivity index (χ2n) is 4.03. The van der Waals surface area contributed by atoms with Crippen molar-refractivity contribution in [1.82, 2.24) is 14.7 Å². The molecule has 1 aliphatic heterocycles. The second kappa shape index (κ2) is 5.29. The van der Waals surface area contributed by atoms with E-state index in [4.69, 9.17) is 10.5 Å². The first-order valence-corrected chi connectivity index (χ1v) is 5.91. The maximum atomic E-state index is 11.5. The summed E-state index contributed by atoms with van der Waals surface area (Å²) in [5.41, 5.74) is 6.98. The molecule has 2 heterocycles. The quantitative estimate of drug-likeness (QED) is 0.737. The molecule has 1 aromatic rings. The molecule has 0 radical (unpaired) electrons. The lowest BCUT2D eigenvalue weighted by Gasteiger charge is -2.26. The Bertz CT molecular complexity index is 402. The molecule has 0 saturated carbocycles. The predicted molar refractivity (Wildman–Crippen MR) is 62.5 cm³/mol. The number of carbonyl (C=O) groups excluding carboxylic acids is 1. The normalized spacial score (nSPS) is 15.6. The van der Waals surface area contributed by atoms with E-state index in [9.17, 15) is 4.79 Å². The molecule has 0 unspecified atom stereocenters. The highest BCUT2D eigenvalue weighted by Crippen LogP contribution is 2.13. The van der Waals surface area contributed by atoms with Crippen LogP contribution >= 0.6 is 0 Å². The van der Waals surface area contributed by atoms with Gasteiger partial charge in [0.1, 0.15) is 0 Å². The van der Waals surface area contributed by atoms with Crippen LogP contribution < -0.4 is 5.73 Å². The summed E-state index contributed by atoms with van der Waals surface area (Å²) in [5, 5.41) is 4.25. The van der Waals surface area contributed by atoms with Gasteiger partial charge in [-0.3, -0.25) is 9.58 Å². The third-order valence-electron chi connectivity index (χ3n) is 2.81. The van der Waals surface area contributed by atoms with E-state index in [0.29, 0.717) is 18.8 Å². The van der Waals surface area contributed by atoms with Gasteiger partial charge in [-0.1, -0.05) is 0 Å². The lowest BCUT2D eigenvalue weighted by atomic mass is 10.3. The van der Waals surface area contributed by atoms with E-state index < -0.39 is 0 Å². The smallest absolute Gasteiger partial charge is 0.358 e. The Morgan fingerprint density at radius 1 is 1.59 bits per heavy atom. The third kappa shape index (κ3) is 2.65. The minimum absolute atomic E-state index is 0.347. The molecule has 0 amide bonds. The zero-order valence-corrected chi connectivity index (χ0v) is 10.1. The topological polar surface area (TPSA) is 73.4 Å². The van der Waals surface area contributed by atoms with Gasteiger partial charge < -0.3 is 10.5 Å². The Hall–Kier alpha value is -1.40. The van der Waals surface area contributed by atoms with Crippen LogP contribution in [0.3, 0.4) is 0 Å². The molecule has 0 saturated heterocycles. The van der Waals surface area contributed by atoms with Crippen molar-refractivity contribution >= 4 is 5.97 Å². The summed E-state index contributed by atoms with van der Waals surface area (Å²) in [6.07, 6.45) is 0. The lowest BCUT2D eigenvalue weighted by molar-refractivity contribution is 0.0518. The van der Waals surface area contributed by atoms with Crippen molar-refractivity contribution in [2.45, 2.75) is 20.0 Å². The van der Waals surface area contributed by atoms with Crippen LogP contribution in [0.1, 0.15) is 23.1 Å². The second-order valence-corrected chi connectivity index (χ2v) is 4.03. The highest BCUT2D eigenvalue weighted by atomic mass is 16.5. The van der Waals surface area contributed by atoms with Gasteiger partial charge >= 0.3 is 5.97 Å². The minimum Gasteiger partial charge on any atom is -0.461 e. The molecule has 0 atom stereocenters. The molecular formula is C11H18N4O2. The van der Waals surface area contributed by atoms with Gasteiger partial charge in [0.05, 0.1) is 18.8 Å². The first-order chi connectivity index (χ1) is 8.24. The van der Waals surface area contributed by atoms with Gasteiger partial charge in [-0.05, 0) is 13.0 Å². The molecule has 1 aromatic heterocycles. The molecule has 1 aliphatic rings. The number of fused-ring (bicyclic) bond motifs is 1. The van der Waals surface area contributed by atoms with Gasteiger partial charge in [-0.25, -0.2) is 4.79 Å². The monoisotopic (exact) mass is 238 g/mol. The van der Waals surface area contributed by atoms with Crippen molar-refractivity contribution < 1.29 is 9.53 Å². The van der Waals surface area contributed by atoms with Crippen LogP contribution in [0.25, 0.3) is 0 Å². The standard InChI is InChI=1S/C11H18N4O2/c1-2-17-11(16)10-7-9-8-14(4-3-12)5-6-15(9)13-10/h7H,2-6,8,12H2,1H3. The summed E-state index contributed by atoms with van der Waals surface area (Å²) in [6, 6.07) is 1.81. The van der Waals surface area contributed by atoms with Gasteiger partial charge in [-0.2, -0.15) is 5.10 Å². The molecule has 6 heteroatoms. The van der Waals surface area contributed by atoms with Crippen molar-refractivity contribution in [3.8, 4) is 0 Å². The highest BCUT2D eigenvalue weighted by Gasteiger charge is 2.20. The molecule has 0 aromatic carbocycles. The van der Waals surface area contributed by atoms with Crippen molar-refractivity contribution in [3.63, 3.8) is 0 Å². The Labute approximate surface area is 100 Å². The summed E-state index contributed by atoms with van der Waals surface area (Å²) in [6.45, 7) is 6.21. The van der Waals surface area contributed by atoms with E-state index in [0.717, 1.165) is 31.9 Å². The van der Waals surface area contributed by atoms with Gasteiger partial charge in [0.25, 0.3) is 0 Å². The summed E-state index contributed by atoms with van der Waals surface area (Å²) >= 11 is 0. The Kier molecular flexibility index (Phi) is 3.75. The van der Waals surface area contributed by atoms with E-state index in [1.54, 1.807) is 13.0 Å². The zero-order chi connectivity index (χ0) is 12.3. The highest BCUT2D eigenvalue weighted by molar-refractivity contribution is 5.87. The van der Waals surface area contributed by atoms with E-state index in [2.05, 4.69) is 10.00 Å². The molecule has 2 N–H and O–H groups in total. The first-order valence-electron chi connectivity index (χ1n) is 5.91. The predicted octanol–water partition coefficient (Wildman–Crippen LogP) is -0.166. The van der Waals surface area contributed by atoms with Crippen molar-refractivity contribution in [2.75, 3.05) is 26.2 Å². The Balaban J connectivity index is 2.09. The number of nitrogens with zero attached hydrogens (tertiary/aromatic N) is 3. The zero-order valence-electron chi connectivity index (χ0n) is 10.1. The van der Waals surface area contributed by atoms with Crippen LogP contribution in [0.2, 0.25) is 0 Å². The van der Waals surface area contributed by atoms with E-state index >= 15 is 0 Å². The van der Waals surface area contributed by atoms with Crippen LogP contribution in [0.5, 0.6) is 0 Å². The summed E-state index contributed by atoms with van der Waals surface area (Å²) < 4.78 is 6.81. The molecule has 94 valence electrons. The van der Waals surface area contributed by atoms with E-state index in [1.165, 1.54) is 0 Å². The molecule has 6 nitrogen and oxygen atoms in total. The van der Waals surface area contributed by atoms with Gasteiger partial charge in [0.15, 0.2) is 5.69 Å². The number of aromatic nitrogens is 2. The molecule has 0 aliphatic carbocycles. The maximum Gasteiger partial charge on any atom is 0.358 e. The molecule has 2 rings (SSSR count). The van der Waals surface area contributed by atoms with Crippen molar-refractivity contribution in [3.05, 3.63) is 17.5 Å². The van der Waals surface area contributed by atoms with Crippen LogP contribution in [-0.2, 0) is 17.8 Å². The van der Waals surface area contributed by atoms with Gasteiger partial charge in [-0.15, -0.1) is 0 Å². The number of ether oxygens (including phenoxy) is 1. The van der Waals surface area contributed by atoms with Crippen LogP contribution in [-0.4, -0.2) is 46.9 Å². The maximum absolute atomic E-state index is 11.5. The van der Waals surface area contributed by atoms with Gasteiger partial charge in [0.2, 0.25) is 0 Å². The summed E-state index contributed by atoms with van der Waals surface area (Å²) in [7, 11) is 0. The minimum atomic E-state index is -0.347. The fourth-order valence-electron chi connectivity index (χ4n) is 2.00. The summed E-state index contributed by atoms with van der Waals surface area (Å²) in [4.78, 5) is 13.8. The number of hydrogen-bond acceptors (Lipinski definition) is 5. The van der Waals surface area contributed by atoms with Crippen LogP contribution in [0.15, 0.2) is 6.07 Å². The fraction of sp³-hybridized carbons (Fsp3) is 0.636. The van der Waals surface area contributed by atoms with E-state index in [1.807, 2.05) is 4.68 Å².